The van der Waals surface area contributed by atoms with Crippen LogP contribution >= 0.6 is 0 Å². The van der Waals surface area contributed by atoms with Crippen molar-refractivity contribution in [3.05, 3.63) is 0 Å². The van der Waals surface area contributed by atoms with E-state index in [1.165, 1.54) is 6.42 Å². The van der Waals surface area contributed by atoms with Crippen LogP contribution in [0.25, 0.3) is 0 Å². The molecule has 2 fully saturated rings. The fourth-order valence-corrected chi connectivity index (χ4v) is 2.75. The Hall–Kier alpha value is -0.570. The van der Waals surface area contributed by atoms with Crippen molar-refractivity contribution >= 4 is 5.91 Å². The molecule has 0 aromatic rings. The zero-order valence-corrected chi connectivity index (χ0v) is 9.07. The maximum absolute atomic E-state index is 11.9. The molecule has 0 bridgehead atoms. The summed E-state index contributed by atoms with van der Waals surface area (Å²) in [5.41, 5.74) is 5.67. The van der Waals surface area contributed by atoms with Gasteiger partial charge in [0, 0.05) is 25.6 Å². The zero-order valence-electron chi connectivity index (χ0n) is 9.07. The Labute approximate surface area is 85.6 Å². The molecule has 80 valence electrons. The van der Waals surface area contributed by atoms with Crippen molar-refractivity contribution in [2.24, 2.45) is 23.5 Å². The van der Waals surface area contributed by atoms with E-state index in [1.54, 1.807) is 4.90 Å². The average Bonchev–Trinajstić information content (AvgIpc) is 2.71. The van der Waals surface area contributed by atoms with E-state index in [0.717, 1.165) is 24.7 Å². The Bertz CT molecular complexity index is 229. The van der Waals surface area contributed by atoms with Crippen molar-refractivity contribution in [2.75, 3.05) is 13.6 Å². The smallest absolute Gasteiger partial charge is 0.225 e. The molecule has 0 aliphatic heterocycles. The van der Waals surface area contributed by atoms with Crippen molar-refractivity contribution in [1.82, 2.24) is 4.90 Å². The second-order valence-electron chi connectivity index (χ2n) is 5.12. The van der Waals surface area contributed by atoms with Gasteiger partial charge >= 0.3 is 0 Å². The molecule has 2 saturated carbocycles. The Kier molecular flexibility index (Phi) is 2.52. The number of amides is 1. The van der Waals surface area contributed by atoms with Crippen molar-refractivity contribution in [3.8, 4) is 0 Å². The van der Waals surface area contributed by atoms with Crippen LogP contribution in [0.1, 0.15) is 26.2 Å². The molecule has 0 heterocycles. The minimum absolute atomic E-state index is 0.0832. The van der Waals surface area contributed by atoms with Gasteiger partial charge in [0.05, 0.1) is 0 Å². The van der Waals surface area contributed by atoms with Gasteiger partial charge < -0.3 is 10.6 Å². The van der Waals surface area contributed by atoms with Gasteiger partial charge in [-0.25, -0.2) is 0 Å². The molecule has 3 heteroatoms. The lowest BCUT2D eigenvalue weighted by Gasteiger charge is -2.23. The summed E-state index contributed by atoms with van der Waals surface area (Å²) in [5, 5.41) is 0. The minimum Gasteiger partial charge on any atom is -0.344 e. The highest BCUT2D eigenvalue weighted by atomic mass is 16.2. The van der Waals surface area contributed by atoms with Crippen LogP contribution < -0.4 is 5.73 Å². The second kappa shape index (κ2) is 3.54. The third-order valence-corrected chi connectivity index (χ3v) is 3.53. The van der Waals surface area contributed by atoms with Gasteiger partial charge in [-0.3, -0.25) is 4.79 Å². The van der Waals surface area contributed by atoms with Crippen LogP contribution in [0.5, 0.6) is 0 Å². The number of fused-ring (bicyclic) bond motifs is 1. The Morgan fingerprint density at radius 2 is 2.00 bits per heavy atom. The van der Waals surface area contributed by atoms with Crippen LogP contribution in [0, 0.1) is 17.8 Å². The Morgan fingerprint density at radius 3 is 2.50 bits per heavy atom. The van der Waals surface area contributed by atoms with Crippen LogP contribution in [0.15, 0.2) is 0 Å². The fraction of sp³-hybridized carbons (Fsp3) is 0.909. The van der Waals surface area contributed by atoms with Crippen LogP contribution in [0.4, 0.5) is 0 Å². The third kappa shape index (κ3) is 1.92. The summed E-state index contributed by atoms with van der Waals surface area (Å²) in [5.74, 6) is 2.39. The zero-order chi connectivity index (χ0) is 10.3. The van der Waals surface area contributed by atoms with E-state index in [9.17, 15) is 4.79 Å². The fourth-order valence-electron chi connectivity index (χ4n) is 2.75. The number of rotatable bonds is 3. The topological polar surface area (TPSA) is 46.3 Å². The molecule has 3 unspecified atom stereocenters. The largest absolute Gasteiger partial charge is 0.344 e. The van der Waals surface area contributed by atoms with E-state index in [2.05, 4.69) is 0 Å². The predicted octanol–water partition coefficient (Wildman–Crippen LogP) is 0.838. The van der Waals surface area contributed by atoms with Crippen LogP contribution in [0.2, 0.25) is 0 Å². The number of hydrogen-bond acceptors (Lipinski definition) is 2. The number of hydrogen-bond donors (Lipinski definition) is 1. The van der Waals surface area contributed by atoms with Crippen molar-refractivity contribution in [1.29, 1.82) is 0 Å². The third-order valence-electron chi connectivity index (χ3n) is 3.53. The highest BCUT2D eigenvalue weighted by Crippen LogP contribution is 2.54. The highest BCUT2D eigenvalue weighted by Gasteiger charge is 2.48. The minimum atomic E-state index is 0.0832. The Balaban J connectivity index is 1.82. The van der Waals surface area contributed by atoms with Crippen LogP contribution in [-0.4, -0.2) is 30.4 Å². The summed E-state index contributed by atoms with van der Waals surface area (Å²) < 4.78 is 0. The van der Waals surface area contributed by atoms with Gasteiger partial charge in [0.15, 0.2) is 0 Å². The maximum atomic E-state index is 11.9. The number of carbonyl (C=O) groups excluding carboxylic acids is 1. The molecule has 0 spiro atoms. The quantitative estimate of drug-likeness (QED) is 0.727. The second-order valence-corrected chi connectivity index (χ2v) is 5.12. The molecular formula is C11H20N2O. The molecule has 3 nitrogen and oxygen atoms in total. The molecule has 2 N–H and O–H groups in total. The summed E-state index contributed by atoms with van der Waals surface area (Å²) in [4.78, 5) is 13.7. The van der Waals surface area contributed by atoms with E-state index < -0.39 is 0 Å². The Morgan fingerprint density at radius 1 is 1.43 bits per heavy atom. The first kappa shape index (κ1) is 9.97. The standard InChI is InChI=1S/C11H20N2O/c1-7(12)6-13(2)11(14)10-4-8-3-9(8)5-10/h7-10H,3-6,12H2,1-2H3. The van der Waals surface area contributed by atoms with Gasteiger partial charge in [0.1, 0.15) is 0 Å². The van der Waals surface area contributed by atoms with Gasteiger partial charge in [-0.1, -0.05) is 0 Å². The molecule has 0 aromatic carbocycles. The van der Waals surface area contributed by atoms with Gasteiger partial charge in [0.25, 0.3) is 0 Å². The molecule has 1 amide bonds. The number of nitrogens with zero attached hydrogens (tertiary/aromatic N) is 1. The first-order chi connectivity index (χ1) is 6.58. The van der Waals surface area contributed by atoms with E-state index >= 15 is 0 Å². The van der Waals surface area contributed by atoms with Crippen molar-refractivity contribution < 1.29 is 4.79 Å². The molecule has 2 rings (SSSR count). The molecule has 2 aliphatic rings. The normalized spacial score (nSPS) is 36.4. The first-order valence-corrected chi connectivity index (χ1v) is 5.58. The van der Waals surface area contributed by atoms with Gasteiger partial charge in [0.2, 0.25) is 5.91 Å². The monoisotopic (exact) mass is 196 g/mol. The summed E-state index contributed by atoms with van der Waals surface area (Å²) in [7, 11) is 1.87. The van der Waals surface area contributed by atoms with Gasteiger partial charge in [-0.15, -0.1) is 0 Å². The van der Waals surface area contributed by atoms with Crippen LogP contribution in [0.3, 0.4) is 0 Å². The summed E-state index contributed by atoms with van der Waals surface area (Å²) in [6, 6.07) is 0.0832. The average molecular weight is 196 g/mol. The van der Waals surface area contributed by atoms with Crippen molar-refractivity contribution in [2.45, 2.75) is 32.2 Å². The summed E-state index contributed by atoms with van der Waals surface area (Å²) in [6.07, 6.45) is 3.64. The molecular weight excluding hydrogens is 176 g/mol. The van der Waals surface area contributed by atoms with E-state index in [0.29, 0.717) is 18.4 Å². The van der Waals surface area contributed by atoms with Crippen molar-refractivity contribution in [3.63, 3.8) is 0 Å². The summed E-state index contributed by atoms with van der Waals surface area (Å²) >= 11 is 0. The number of carbonyl (C=O) groups is 1. The molecule has 3 atom stereocenters. The molecule has 0 radical (unpaired) electrons. The lowest BCUT2D eigenvalue weighted by Crippen LogP contribution is -2.39. The number of likely N-dealkylation sites (N-methyl/N-ethyl adjacent to an activating group) is 1. The number of nitrogens with two attached hydrogens (primary N) is 1. The van der Waals surface area contributed by atoms with E-state index in [1.807, 2.05) is 14.0 Å². The van der Waals surface area contributed by atoms with E-state index in [-0.39, 0.29) is 6.04 Å². The van der Waals surface area contributed by atoms with Gasteiger partial charge in [-0.2, -0.15) is 0 Å². The molecule has 0 saturated heterocycles. The predicted molar refractivity (Wildman–Crippen MR) is 55.6 cm³/mol. The van der Waals surface area contributed by atoms with Gasteiger partial charge in [-0.05, 0) is 38.0 Å². The molecule has 2 aliphatic carbocycles. The lowest BCUT2D eigenvalue weighted by molar-refractivity contribution is -0.134. The summed E-state index contributed by atoms with van der Waals surface area (Å²) in [6.45, 7) is 2.63. The molecule has 14 heavy (non-hydrogen) atoms. The maximum Gasteiger partial charge on any atom is 0.225 e. The first-order valence-electron chi connectivity index (χ1n) is 5.58. The molecule has 0 aromatic heterocycles. The highest BCUT2D eigenvalue weighted by molar-refractivity contribution is 5.79. The van der Waals surface area contributed by atoms with E-state index in [4.69, 9.17) is 5.73 Å². The van der Waals surface area contributed by atoms with Crippen LogP contribution in [-0.2, 0) is 4.79 Å². The SMILES string of the molecule is CC(N)CN(C)C(=O)C1CC2CC2C1. The lowest BCUT2D eigenvalue weighted by atomic mass is 10.0.